The second kappa shape index (κ2) is 6.05. The monoisotopic (exact) mass is 248 g/mol. The number of hydrogen-bond donors (Lipinski definition) is 2. The van der Waals surface area contributed by atoms with Crippen LogP contribution in [0.15, 0.2) is 18.2 Å². The van der Waals surface area contributed by atoms with Gasteiger partial charge in [0.2, 0.25) is 0 Å². The molecule has 0 aromatic heterocycles. The Morgan fingerprint density at radius 2 is 1.78 bits per heavy atom. The van der Waals surface area contributed by atoms with Gasteiger partial charge >= 0.3 is 0 Å². The van der Waals surface area contributed by atoms with E-state index in [-0.39, 0.29) is 12.5 Å². The molecule has 0 bridgehead atoms. The van der Waals surface area contributed by atoms with E-state index in [1.165, 1.54) is 5.56 Å². The third kappa shape index (κ3) is 3.14. The summed E-state index contributed by atoms with van der Waals surface area (Å²) in [6.07, 6.45) is 1.73. The molecule has 1 rings (SSSR count). The second-order valence-corrected chi connectivity index (χ2v) is 5.39. The van der Waals surface area contributed by atoms with Crippen molar-refractivity contribution in [2.75, 3.05) is 6.61 Å². The van der Waals surface area contributed by atoms with Gasteiger partial charge in [-0.25, -0.2) is 0 Å². The minimum absolute atomic E-state index is 0.00576. The van der Waals surface area contributed by atoms with Gasteiger partial charge in [0, 0.05) is 5.56 Å². The van der Waals surface area contributed by atoms with Crippen molar-refractivity contribution in [3.63, 3.8) is 0 Å². The zero-order valence-electron chi connectivity index (χ0n) is 12.0. The Balaban J connectivity index is 3.45. The summed E-state index contributed by atoms with van der Waals surface area (Å²) < 4.78 is 0. The van der Waals surface area contributed by atoms with Crippen LogP contribution in [0.1, 0.15) is 63.1 Å². The van der Waals surface area contributed by atoms with Gasteiger partial charge in [-0.2, -0.15) is 0 Å². The van der Waals surface area contributed by atoms with Crippen LogP contribution in [0.3, 0.4) is 0 Å². The molecule has 0 amide bonds. The first-order valence-electron chi connectivity index (χ1n) is 6.53. The summed E-state index contributed by atoms with van der Waals surface area (Å²) in [5.41, 5.74) is 3.94. The molecule has 0 fully saturated rings. The van der Waals surface area contributed by atoms with E-state index in [2.05, 4.69) is 33.8 Å². The molecule has 0 aliphatic rings. The van der Waals surface area contributed by atoms with Crippen molar-refractivity contribution in [2.45, 2.75) is 46.5 Å². The summed E-state index contributed by atoms with van der Waals surface area (Å²) in [7, 11) is 0. The molecule has 2 N–H and O–H groups in total. The lowest BCUT2D eigenvalue weighted by Gasteiger charge is -2.17. The highest BCUT2D eigenvalue weighted by Gasteiger charge is 2.15. The van der Waals surface area contributed by atoms with Gasteiger partial charge in [-0.15, -0.1) is 0 Å². The number of hydrogen-bond acceptors (Lipinski definition) is 2. The highest BCUT2D eigenvalue weighted by Crippen LogP contribution is 2.36. The van der Waals surface area contributed by atoms with E-state index in [0.717, 1.165) is 16.7 Å². The number of phenolic OH excluding ortho intramolecular Hbond substituents is 1. The Morgan fingerprint density at radius 1 is 1.17 bits per heavy atom. The van der Waals surface area contributed by atoms with Gasteiger partial charge in [0.15, 0.2) is 0 Å². The summed E-state index contributed by atoms with van der Waals surface area (Å²) in [4.78, 5) is 0. The van der Waals surface area contributed by atoms with Crippen LogP contribution < -0.4 is 0 Å². The normalized spacial score (nSPS) is 12.6. The zero-order valence-corrected chi connectivity index (χ0v) is 12.0. The molecule has 0 unspecified atom stereocenters. The number of benzene rings is 1. The first kappa shape index (κ1) is 14.8. The fourth-order valence-corrected chi connectivity index (χ4v) is 2.00. The molecule has 0 saturated carbocycles. The number of aliphatic hydroxyl groups is 1. The Bertz CT molecular complexity index is 443. The Morgan fingerprint density at radius 3 is 2.22 bits per heavy atom. The summed E-state index contributed by atoms with van der Waals surface area (Å²) in [5.74, 6) is 1.05. The highest BCUT2D eigenvalue weighted by molar-refractivity contribution is 5.71. The third-order valence-corrected chi connectivity index (χ3v) is 3.27. The number of phenols is 1. The van der Waals surface area contributed by atoms with E-state index in [9.17, 15) is 5.11 Å². The van der Waals surface area contributed by atoms with E-state index in [0.29, 0.717) is 11.7 Å². The van der Waals surface area contributed by atoms with E-state index in [1.807, 2.05) is 13.0 Å². The lowest BCUT2D eigenvalue weighted by atomic mass is 9.90. The number of rotatable bonds is 4. The standard InChI is InChI=1S/C16H24O2/c1-10(2)13-8-14(11(3)4)16(18)15(9-13)12(5)6-7-17/h6,8-11,17-18H,7H2,1-5H3/b12-6+. The van der Waals surface area contributed by atoms with Crippen LogP contribution in [0.4, 0.5) is 0 Å². The van der Waals surface area contributed by atoms with E-state index < -0.39 is 0 Å². The van der Waals surface area contributed by atoms with Gasteiger partial charge in [0.25, 0.3) is 0 Å². The lowest BCUT2D eigenvalue weighted by molar-refractivity contribution is 0.343. The molecule has 0 spiro atoms. The maximum Gasteiger partial charge on any atom is 0.126 e. The highest BCUT2D eigenvalue weighted by atomic mass is 16.3. The molecule has 0 heterocycles. The van der Waals surface area contributed by atoms with Crippen LogP contribution in [-0.4, -0.2) is 16.8 Å². The van der Waals surface area contributed by atoms with Crippen molar-refractivity contribution in [1.82, 2.24) is 0 Å². The predicted molar refractivity (Wildman–Crippen MR) is 77.0 cm³/mol. The van der Waals surface area contributed by atoms with Gasteiger partial charge in [-0.3, -0.25) is 0 Å². The smallest absolute Gasteiger partial charge is 0.126 e. The maximum absolute atomic E-state index is 10.3. The Labute approximate surface area is 110 Å². The number of allylic oxidation sites excluding steroid dienone is 1. The van der Waals surface area contributed by atoms with Gasteiger partial charge in [0.05, 0.1) is 6.61 Å². The van der Waals surface area contributed by atoms with Crippen LogP contribution in [0.25, 0.3) is 5.57 Å². The molecule has 1 aromatic carbocycles. The fraction of sp³-hybridized carbons (Fsp3) is 0.500. The molecule has 0 aliphatic carbocycles. The predicted octanol–water partition coefficient (Wildman–Crippen LogP) is 4.03. The SMILES string of the molecule is C/C(=C\CO)c1cc(C(C)C)cc(C(C)C)c1O. The first-order valence-corrected chi connectivity index (χ1v) is 6.53. The van der Waals surface area contributed by atoms with Crippen molar-refractivity contribution in [1.29, 1.82) is 0 Å². The molecule has 2 nitrogen and oxygen atoms in total. The summed E-state index contributed by atoms with van der Waals surface area (Å²) in [6, 6.07) is 4.10. The van der Waals surface area contributed by atoms with E-state index >= 15 is 0 Å². The first-order chi connectivity index (χ1) is 8.38. The molecule has 0 saturated heterocycles. The second-order valence-electron chi connectivity index (χ2n) is 5.39. The molecule has 18 heavy (non-hydrogen) atoms. The summed E-state index contributed by atoms with van der Waals surface area (Å²) in [5, 5.41) is 19.3. The van der Waals surface area contributed by atoms with E-state index in [4.69, 9.17) is 5.11 Å². The van der Waals surface area contributed by atoms with Gasteiger partial charge < -0.3 is 10.2 Å². The van der Waals surface area contributed by atoms with Gasteiger partial charge in [0.1, 0.15) is 5.75 Å². The van der Waals surface area contributed by atoms with Crippen LogP contribution in [0.5, 0.6) is 5.75 Å². The lowest BCUT2D eigenvalue weighted by Crippen LogP contribution is -1.98. The average molecular weight is 248 g/mol. The molecule has 100 valence electrons. The van der Waals surface area contributed by atoms with Gasteiger partial charge in [-0.1, -0.05) is 39.8 Å². The molecule has 1 aromatic rings. The van der Waals surface area contributed by atoms with Crippen molar-refractivity contribution in [3.05, 3.63) is 34.9 Å². The molecule has 2 heteroatoms. The van der Waals surface area contributed by atoms with Crippen LogP contribution in [0.2, 0.25) is 0 Å². The quantitative estimate of drug-likeness (QED) is 0.844. The minimum atomic E-state index is -0.00576. The van der Waals surface area contributed by atoms with Crippen LogP contribution in [-0.2, 0) is 0 Å². The average Bonchev–Trinajstić information content (AvgIpc) is 2.28. The zero-order chi connectivity index (χ0) is 13.9. The molecule has 0 radical (unpaired) electrons. The largest absolute Gasteiger partial charge is 0.507 e. The van der Waals surface area contributed by atoms with Crippen molar-refractivity contribution in [3.8, 4) is 5.75 Å². The topological polar surface area (TPSA) is 40.5 Å². The molecular weight excluding hydrogens is 224 g/mol. The van der Waals surface area contributed by atoms with Crippen molar-refractivity contribution < 1.29 is 10.2 Å². The van der Waals surface area contributed by atoms with E-state index in [1.54, 1.807) is 6.08 Å². The van der Waals surface area contributed by atoms with Crippen LogP contribution in [0, 0.1) is 0 Å². The third-order valence-electron chi connectivity index (χ3n) is 3.27. The van der Waals surface area contributed by atoms with Crippen molar-refractivity contribution in [2.24, 2.45) is 0 Å². The summed E-state index contributed by atoms with van der Waals surface area (Å²) >= 11 is 0. The van der Waals surface area contributed by atoms with Crippen LogP contribution >= 0.6 is 0 Å². The molecule has 0 aliphatic heterocycles. The Hall–Kier alpha value is -1.28. The maximum atomic E-state index is 10.3. The summed E-state index contributed by atoms with van der Waals surface area (Å²) in [6.45, 7) is 10.4. The molecule has 0 atom stereocenters. The van der Waals surface area contributed by atoms with Crippen molar-refractivity contribution >= 4 is 5.57 Å². The molecular formula is C16H24O2. The fourth-order valence-electron chi connectivity index (χ4n) is 2.00. The number of aliphatic hydroxyl groups excluding tert-OH is 1. The van der Waals surface area contributed by atoms with Gasteiger partial charge in [-0.05, 0) is 41.5 Å². The number of aromatic hydroxyl groups is 1. The Kier molecular flexibility index (Phi) is 4.97. The minimum Gasteiger partial charge on any atom is -0.507 e.